The molecular weight excluding hydrogens is 448 g/mol. The summed E-state index contributed by atoms with van der Waals surface area (Å²) in [7, 11) is 0. The second kappa shape index (κ2) is 9.17. The summed E-state index contributed by atoms with van der Waals surface area (Å²) in [5.41, 5.74) is -3.34. The summed E-state index contributed by atoms with van der Waals surface area (Å²) < 4.78 is 0. The van der Waals surface area contributed by atoms with Crippen molar-refractivity contribution in [2.45, 2.75) is 0 Å². The summed E-state index contributed by atoms with van der Waals surface area (Å²) in [5, 5.41) is 37.3. The third-order valence-electron chi connectivity index (χ3n) is 4.92. The maximum atomic E-state index is 12.9. The van der Waals surface area contributed by atoms with E-state index >= 15 is 0 Å². The van der Waals surface area contributed by atoms with Gasteiger partial charge in [-0.2, -0.15) is 0 Å². The van der Waals surface area contributed by atoms with Gasteiger partial charge in [0.25, 0.3) is 0 Å². The number of hydrogen-bond acceptors (Lipinski definition) is 6. The molecule has 0 aliphatic heterocycles. The molecule has 0 atom stereocenters. The molecule has 4 N–H and O–H groups in total. The monoisotopic (exact) mass is 462 g/mol. The maximum Gasteiger partial charge on any atom is 0.337 e. The number of carbonyl (C=O) groups excluding carboxylic acids is 2. The lowest BCUT2D eigenvalue weighted by atomic mass is 9.92. The van der Waals surface area contributed by atoms with Crippen molar-refractivity contribution in [2.24, 2.45) is 0 Å². The van der Waals surface area contributed by atoms with Crippen LogP contribution in [-0.2, 0) is 0 Å². The number of benzene rings is 3. The number of carboxylic acids is 4. The molecule has 0 aliphatic rings. The van der Waals surface area contributed by atoms with Crippen molar-refractivity contribution in [1.29, 1.82) is 0 Å². The molecule has 3 rings (SSSR count). The largest absolute Gasteiger partial charge is 0.478 e. The zero-order valence-corrected chi connectivity index (χ0v) is 17.0. The molecule has 0 saturated heterocycles. The van der Waals surface area contributed by atoms with Gasteiger partial charge in [-0.15, -0.1) is 0 Å². The third-order valence-corrected chi connectivity index (χ3v) is 4.92. The van der Waals surface area contributed by atoms with Gasteiger partial charge in [-0.3, -0.25) is 9.59 Å². The molecule has 0 fully saturated rings. The van der Waals surface area contributed by atoms with Crippen LogP contribution in [0.3, 0.4) is 0 Å². The molecule has 34 heavy (non-hydrogen) atoms. The van der Waals surface area contributed by atoms with Crippen LogP contribution < -0.4 is 0 Å². The van der Waals surface area contributed by atoms with Gasteiger partial charge in [-0.1, -0.05) is 48.5 Å². The summed E-state index contributed by atoms with van der Waals surface area (Å²) in [5.74, 6) is -7.87. The highest BCUT2D eigenvalue weighted by molar-refractivity contribution is 6.19. The molecule has 0 saturated carbocycles. The Balaban J connectivity index is 2.02. The number of carboxylic acid groups (broad SMARTS) is 4. The van der Waals surface area contributed by atoms with Gasteiger partial charge < -0.3 is 20.4 Å². The highest BCUT2D eigenvalue weighted by atomic mass is 16.4. The molecule has 3 aromatic rings. The van der Waals surface area contributed by atoms with E-state index in [2.05, 4.69) is 0 Å². The first-order chi connectivity index (χ1) is 16.0. The lowest BCUT2D eigenvalue weighted by Gasteiger charge is -2.10. The summed E-state index contributed by atoms with van der Waals surface area (Å²) in [6, 6.07) is 11.6. The summed E-state index contributed by atoms with van der Waals surface area (Å²) in [4.78, 5) is 71.6. The molecule has 0 radical (unpaired) electrons. The summed E-state index contributed by atoms with van der Waals surface area (Å²) in [6.45, 7) is 0. The Morgan fingerprint density at radius 2 is 0.706 bits per heavy atom. The van der Waals surface area contributed by atoms with Crippen LogP contribution in [0, 0.1) is 0 Å². The van der Waals surface area contributed by atoms with Gasteiger partial charge in [0.1, 0.15) is 0 Å². The molecule has 170 valence electrons. The number of rotatable bonds is 8. The van der Waals surface area contributed by atoms with Crippen LogP contribution in [0.4, 0.5) is 0 Å². The molecule has 0 aliphatic carbocycles. The van der Waals surface area contributed by atoms with Crippen LogP contribution in [0.15, 0.2) is 60.7 Å². The lowest BCUT2D eigenvalue weighted by Crippen LogP contribution is -2.16. The second-order valence-corrected chi connectivity index (χ2v) is 6.91. The zero-order valence-electron chi connectivity index (χ0n) is 17.0. The van der Waals surface area contributed by atoms with Gasteiger partial charge in [0.2, 0.25) is 0 Å². The molecule has 0 heterocycles. The fraction of sp³-hybridized carbons (Fsp3) is 0. The van der Waals surface area contributed by atoms with E-state index in [1.165, 1.54) is 36.4 Å². The van der Waals surface area contributed by atoms with Crippen LogP contribution in [-0.4, -0.2) is 55.9 Å². The Bertz CT molecular complexity index is 1280. The topological polar surface area (TPSA) is 183 Å². The molecule has 0 amide bonds. The minimum atomic E-state index is -1.60. The maximum absolute atomic E-state index is 12.9. The van der Waals surface area contributed by atoms with Crippen LogP contribution in [0.1, 0.15) is 73.3 Å². The van der Waals surface area contributed by atoms with Crippen molar-refractivity contribution in [1.82, 2.24) is 0 Å². The Morgan fingerprint density at radius 1 is 0.412 bits per heavy atom. The normalized spacial score (nSPS) is 10.4. The summed E-state index contributed by atoms with van der Waals surface area (Å²) in [6.07, 6.45) is 0. The van der Waals surface area contributed by atoms with E-state index in [0.717, 1.165) is 24.3 Å². The van der Waals surface area contributed by atoms with Gasteiger partial charge in [0, 0.05) is 22.3 Å². The van der Waals surface area contributed by atoms with Crippen LogP contribution >= 0.6 is 0 Å². The zero-order chi connectivity index (χ0) is 25.2. The van der Waals surface area contributed by atoms with Gasteiger partial charge >= 0.3 is 23.9 Å². The van der Waals surface area contributed by atoms with Crippen molar-refractivity contribution in [3.8, 4) is 0 Å². The number of ketones is 2. The molecule has 10 heteroatoms. The van der Waals surface area contributed by atoms with E-state index < -0.39 is 57.7 Å². The third kappa shape index (κ3) is 4.28. The average Bonchev–Trinajstić information content (AvgIpc) is 2.81. The fourth-order valence-corrected chi connectivity index (χ4v) is 3.38. The molecular formula is C24H14O10. The number of carbonyl (C=O) groups is 6. The van der Waals surface area contributed by atoms with Gasteiger partial charge in [0.15, 0.2) is 11.6 Å². The number of aromatic carboxylic acids is 4. The molecule has 10 nitrogen and oxygen atoms in total. The molecule has 3 aromatic carbocycles. The Kier molecular flexibility index (Phi) is 6.35. The standard InChI is InChI=1S/C24H14O10/c25-19(13-3-1-5-15(21(27)28)17(13)23(31)32)11-7-9-12(10-8-11)20(26)14-4-2-6-16(22(29)30)18(14)24(33)34/h1-10H,(H,27,28)(H,29,30)(H,31,32)(H,33,34). The first-order valence-electron chi connectivity index (χ1n) is 9.43. The van der Waals surface area contributed by atoms with E-state index in [4.69, 9.17) is 0 Å². The van der Waals surface area contributed by atoms with Gasteiger partial charge in [-0.25, -0.2) is 19.2 Å². The van der Waals surface area contributed by atoms with Gasteiger partial charge in [-0.05, 0) is 12.1 Å². The van der Waals surface area contributed by atoms with Crippen molar-refractivity contribution >= 4 is 35.4 Å². The smallest absolute Gasteiger partial charge is 0.337 e. The van der Waals surface area contributed by atoms with Crippen LogP contribution in [0.5, 0.6) is 0 Å². The van der Waals surface area contributed by atoms with Crippen LogP contribution in [0.25, 0.3) is 0 Å². The minimum Gasteiger partial charge on any atom is -0.478 e. The predicted octanol–water partition coefficient (Wildman–Crippen LogP) is 2.94. The SMILES string of the molecule is O=C(O)c1cccc(C(=O)c2ccc(C(=O)c3cccc(C(=O)O)c3C(=O)O)cc2)c1C(=O)O. The average molecular weight is 462 g/mol. The van der Waals surface area contributed by atoms with E-state index in [1.807, 2.05) is 0 Å². The van der Waals surface area contributed by atoms with Crippen molar-refractivity contribution < 1.29 is 49.2 Å². The second-order valence-electron chi connectivity index (χ2n) is 6.91. The first kappa shape index (κ1) is 23.5. The van der Waals surface area contributed by atoms with E-state index in [0.29, 0.717) is 0 Å². The Hall–Kier alpha value is -5.12. The highest BCUT2D eigenvalue weighted by Crippen LogP contribution is 2.22. The number of hydrogen-bond donors (Lipinski definition) is 4. The molecule has 0 bridgehead atoms. The summed E-state index contributed by atoms with van der Waals surface area (Å²) >= 11 is 0. The molecule has 0 aromatic heterocycles. The Labute approximate surface area is 190 Å². The highest BCUT2D eigenvalue weighted by Gasteiger charge is 2.26. The molecule has 0 unspecified atom stereocenters. The van der Waals surface area contributed by atoms with Crippen molar-refractivity contribution in [2.75, 3.05) is 0 Å². The van der Waals surface area contributed by atoms with Crippen molar-refractivity contribution in [3.63, 3.8) is 0 Å². The van der Waals surface area contributed by atoms with Crippen molar-refractivity contribution in [3.05, 3.63) is 105 Å². The van der Waals surface area contributed by atoms with E-state index in [-0.39, 0.29) is 22.3 Å². The van der Waals surface area contributed by atoms with E-state index in [9.17, 15) is 49.2 Å². The van der Waals surface area contributed by atoms with Crippen LogP contribution in [0.2, 0.25) is 0 Å². The molecule has 0 spiro atoms. The van der Waals surface area contributed by atoms with Gasteiger partial charge in [0.05, 0.1) is 22.3 Å². The first-order valence-corrected chi connectivity index (χ1v) is 9.43. The lowest BCUT2D eigenvalue weighted by molar-refractivity contribution is 0.0649. The van der Waals surface area contributed by atoms with E-state index in [1.54, 1.807) is 0 Å². The predicted molar refractivity (Wildman–Crippen MR) is 114 cm³/mol. The minimum absolute atomic E-state index is 0.0562. The quantitative estimate of drug-likeness (QED) is 0.363. The fourth-order valence-electron chi connectivity index (χ4n) is 3.38. The Morgan fingerprint density at radius 3 is 0.971 bits per heavy atom.